The largest absolute Gasteiger partial charge is 0.497 e. The van der Waals surface area contributed by atoms with Gasteiger partial charge in [0.2, 0.25) is 0 Å². The van der Waals surface area contributed by atoms with E-state index in [4.69, 9.17) is 9.47 Å². The molecule has 0 unspecified atom stereocenters. The van der Waals surface area contributed by atoms with E-state index in [1.54, 1.807) is 18.2 Å². The lowest BCUT2D eigenvalue weighted by molar-refractivity contribution is -0.136. The van der Waals surface area contributed by atoms with Crippen LogP contribution in [-0.4, -0.2) is 32.2 Å². The number of anilines is 1. The smallest absolute Gasteiger partial charge is 0.329 e. The van der Waals surface area contributed by atoms with Crippen LogP contribution < -0.4 is 20.2 Å². The summed E-state index contributed by atoms with van der Waals surface area (Å²) in [6, 6.07) is 12.7. The molecule has 2 rings (SSSR count). The molecule has 7 heteroatoms. The van der Waals surface area contributed by atoms with E-state index in [1.165, 1.54) is 26.0 Å². The third-order valence-corrected chi connectivity index (χ3v) is 4.02. The molecule has 0 aliphatic heterocycles. The van der Waals surface area contributed by atoms with Crippen molar-refractivity contribution < 1.29 is 19.1 Å². The van der Waals surface area contributed by atoms with Gasteiger partial charge >= 0.3 is 11.8 Å². The third-order valence-electron chi connectivity index (χ3n) is 4.02. The fourth-order valence-electron chi connectivity index (χ4n) is 2.38. The number of hydrazone groups is 1. The summed E-state index contributed by atoms with van der Waals surface area (Å²) in [6.45, 7) is 6.39. The van der Waals surface area contributed by atoms with Gasteiger partial charge in [-0.25, -0.2) is 5.43 Å². The molecule has 0 aliphatic rings. The summed E-state index contributed by atoms with van der Waals surface area (Å²) in [7, 11) is 2.97. The van der Waals surface area contributed by atoms with Gasteiger partial charge in [-0.1, -0.05) is 45.0 Å². The average Bonchev–Trinajstić information content (AvgIpc) is 2.67. The fourth-order valence-corrected chi connectivity index (χ4v) is 2.38. The van der Waals surface area contributed by atoms with E-state index in [0.717, 1.165) is 5.56 Å². The van der Waals surface area contributed by atoms with Gasteiger partial charge < -0.3 is 14.8 Å². The minimum absolute atomic E-state index is 0.0587. The van der Waals surface area contributed by atoms with Crippen LogP contribution >= 0.6 is 0 Å². The summed E-state index contributed by atoms with van der Waals surface area (Å²) in [4.78, 5) is 24.1. The van der Waals surface area contributed by atoms with Gasteiger partial charge in [0, 0.05) is 6.07 Å². The van der Waals surface area contributed by atoms with Gasteiger partial charge in [-0.15, -0.1) is 0 Å². The molecule has 2 N–H and O–H groups in total. The highest BCUT2D eigenvalue weighted by molar-refractivity contribution is 6.39. The SMILES string of the molecule is COc1ccc(OC)c(NC(=O)C(=O)N/N=C\c2ccc(C(C)(C)C)cc2)c1. The first-order valence-electron chi connectivity index (χ1n) is 8.71. The Kier molecular flexibility index (Phi) is 6.76. The molecular weight excluding hydrogens is 358 g/mol. The topological polar surface area (TPSA) is 89.0 Å². The van der Waals surface area contributed by atoms with Crippen molar-refractivity contribution in [2.24, 2.45) is 5.10 Å². The van der Waals surface area contributed by atoms with Gasteiger partial charge in [-0.3, -0.25) is 9.59 Å². The van der Waals surface area contributed by atoms with Crippen LogP contribution in [0.3, 0.4) is 0 Å². The van der Waals surface area contributed by atoms with Crippen LogP contribution in [0.25, 0.3) is 0 Å². The molecule has 148 valence electrons. The van der Waals surface area contributed by atoms with Gasteiger partial charge in [0.05, 0.1) is 26.1 Å². The highest BCUT2D eigenvalue weighted by Gasteiger charge is 2.16. The lowest BCUT2D eigenvalue weighted by atomic mass is 9.87. The van der Waals surface area contributed by atoms with Crippen molar-refractivity contribution in [1.29, 1.82) is 0 Å². The van der Waals surface area contributed by atoms with Crippen LogP contribution in [0.15, 0.2) is 47.6 Å². The number of hydrogen-bond donors (Lipinski definition) is 2. The minimum Gasteiger partial charge on any atom is -0.497 e. The fraction of sp³-hybridized carbons (Fsp3) is 0.286. The molecule has 2 aromatic carbocycles. The summed E-state index contributed by atoms with van der Waals surface area (Å²) in [5.74, 6) is -0.836. The Bertz CT molecular complexity index is 868. The van der Waals surface area contributed by atoms with Gasteiger partial charge in [0.15, 0.2) is 0 Å². The van der Waals surface area contributed by atoms with E-state index in [2.05, 4.69) is 36.6 Å². The second kappa shape index (κ2) is 9.03. The summed E-state index contributed by atoms with van der Waals surface area (Å²) in [5.41, 5.74) is 4.59. The number of methoxy groups -OCH3 is 2. The second-order valence-corrected chi connectivity index (χ2v) is 7.09. The first-order chi connectivity index (χ1) is 13.2. The minimum atomic E-state index is -0.896. The lowest BCUT2D eigenvalue weighted by Gasteiger charge is -2.18. The molecule has 0 fully saturated rings. The molecule has 0 atom stereocenters. The Hall–Kier alpha value is -3.35. The van der Waals surface area contributed by atoms with Crippen LogP contribution in [-0.2, 0) is 15.0 Å². The summed E-state index contributed by atoms with van der Waals surface area (Å²) >= 11 is 0. The molecular formula is C21H25N3O4. The molecule has 0 spiro atoms. The number of carbonyl (C=O) groups is 2. The Morgan fingerprint density at radius 1 is 0.964 bits per heavy atom. The summed E-state index contributed by atoms with van der Waals surface area (Å²) in [5, 5.41) is 6.31. The Morgan fingerprint density at radius 3 is 2.21 bits per heavy atom. The van der Waals surface area contributed by atoms with Crippen molar-refractivity contribution in [3.05, 3.63) is 53.6 Å². The maximum Gasteiger partial charge on any atom is 0.329 e. The predicted octanol–water partition coefficient (Wildman–Crippen LogP) is 3.09. The zero-order valence-corrected chi connectivity index (χ0v) is 16.7. The lowest BCUT2D eigenvalue weighted by Crippen LogP contribution is -2.32. The zero-order chi connectivity index (χ0) is 20.7. The van der Waals surface area contributed by atoms with Crippen LogP contribution in [0.2, 0.25) is 0 Å². The van der Waals surface area contributed by atoms with Crippen LogP contribution in [0.1, 0.15) is 31.9 Å². The van der Waals surface area contributed by atoms with Crippen molar-refractivity contribution in [3.8, 4) is 11.5 Å². The first-order valence-corrected chi connectivity index (χ1v) is 8.71. The number of amides is 2. The van der Waals surface area contributed by atoms with Crippen molar-refractivity contribution in [1.82, 2.24) is 5.43 Å². The van der Waals surface area contributed by atoms with Crippen LogP contribution in [0.5, 0.6) is 11.5 Å². The van der Waals surface area contributed by atoms with Gasteiger partial charge in [-0.2, -0.15) is 5.10 Å². The standard InChI is InChI=1S/C21H25N3O4/c1-21(2,3)15-8-6-14(7-9-15)13-22-24-20(26)19(25)23-17-12-16(27-4)10-11-18(17)28-5/h6-13H,1-5H3,(H,23,25)(H,24,26)/b22-13-. The molecule has 28 heavy (non-hydrogen) atoms. The molecule has 2 amide bonds. The molecule has 0 bridgehead atoms. The van der Waals surface area contributed by atoms with Crippen molar-refractivity contribution >= 4 is 23.7 Å². The van der Waals surface area contributed by atoms with E-state index >= 15 is 0 Å². The quantitative estimate of drug-likeness (QED) is 0.472. The zero-order valence-electron chi connectivity index (χ0n) is 16.7. The van der Waals surface area contributed by atoms with Crippen molar-refractivity contribution in [2.75, 3.05) is 19.5 Å². The molecule has 7 nitrogen and oxygen atoms in total. The molecule has 0 aliphatic carbocycles. The van der Waals surface area contributed by atoms with E-state index in [0.29, 0.717) is 17.2 Å². The maximum atomic E-state index is 12.1. The highest BCUT2D eigenvalue weighted by atomic mass is 16.5. The number of carbonyl (C=O) groups excluding carboxylic acids is 2. The first kappa shape index (κ1) is 21.0. The number of hydrogen-bond acceptors (Lipinski definition) is 5. The van der Waals surface area contributed by atoms with Crippen molar-refractivity contribution in [2.45, 2.75) is 26.2 Å². The average molecular weight is 383 g/mol. The van der Waals surface area contributed by atoms with Crippen LogP contribution in [0, 0.1) is 0 Å². The Labute approximate surface area is 164 Å². The predicted molar refractivity (Wildman–Crippen MR) is 109 cm³/mol. The van der Waals surface area contributed by atoms with E-state index < -0.39 is 11.8 Å². The van der Waals surface area contributed by atoms with E-state index in [9.17, 15) is 9.59 Å². The summed E-state index contributed by atoms with van der Waals surface area (Å²) in [6.07, 6.45) is 1.48. The van der Waals surface area contributed by atoms with Gasteiger partial charge in [-0.05, 0) is 28.7 Å². The summed E-state index contributed by atoms with van der Waals surface area (Å²) < 4.78 is 10.3. The molecule has 0 saturated carbocycles. The van der Waals surface area contributed by atoms with E-state index in [1.807, 2.05) is 24.3 Å². The number of nitrogens with one attached hydrogen (secondary N) is 2. The highest BCUT2D eigenvalue weighted by Crippen LogP contribution is 2.28. The maximum absolute atomic E-state index is 12.1. The van der Waals surface area contributed by atoms with E-state index in [-0.39, 0.29) is 5.41 Å². The normalized spacial score (nSPS) is 11.2. The molecule has 0 radical (unpaired) electrons. The third kappa shape index (κ3) is 5.57. The van der Waals surface area contributed by atoms with Crippen LogP contribution in [0.4, 0.5) is 5.69 Å². The Morgan fingerprint density at radius 2 is 1.64 bits per heavy atom. The van der Waals surface area contributed by atoms with Crippen molar-refractivity contribution in [3.63, 3.8) is 0 Å². The molecule has 0 saturated heterocycles. The molecule has 0 aromatic heterocycles. The molecule has 2 aromatic rings. The second-order valence-electron chi connectivity index (χ2n) is 7.09. The number of nitrogens with zero attached hydrogens (tertiary/aromatic N) is 1. The number of ether oxygens (including phenoxy) is 2. The number of rotatable bonds is 5. The Balaban J connectivity index is 1.97. The van der Waals surface area contributed by atoms with Gasteiger partial charge in [0.25, 0.3) is 0 Å². The number of benzene rings is 2. The van der Waals surface area contributed by atoms with Gasteiger partial charge in [0.1, 0.15) is 11.5 Å². The monoisotopic (exact) mass is 383 g/mol. The molecule has 0 heterocycles.